The summed E-state index contributed by atoms with van der Waals surface area (Å²) in [6.45, 7) is 30.8. The second kappa shape index (κ2) is 34.6. The number of aliphatic carboxylic acids is 1. The van der Waals surface area contributed by atoms with Crippen LogP contribution in [-0.2, 0) is 46.2 Å². The number of esters is 1. The first-order valence-electron chi connectivity index (χ1n) is 43.0. The Morgan fingerprint density at radius 1 is 0.444 bits per heavy atom. The molecule has 8 aromatic rings. The molecular formula is C93H122N14O10. The number of carbonyl (C=O) groups is 6. The number of alkyl carbamates (subject to hydrolysis) is 2. The van der Waals surface area contributed by atoms with Crippen LogP contribution in [0.5, 0.6) is 0 Å². The molecular weight excluding hydrogens is 1470 g/mol. The van der Waals surface area contributed by atoms with Gasteiger partial charge in [-0.05, 0) is 262 Å². The molecule has 11 atom stereocenters. The Labute approximate surface area is 688 Å². The number of fused-ring (bicyclic) bond motifs is 6. The smallest absolute Gasteiger partial charge is 0.408 e. The summed E-state index contributed by atoms with van der Waals surface area (Å²) in [6, 6.07) is 25.8. The van der Waals surface area contributed by atoms with Crippen molar-refractivity contribution >= 4 is 35.9 Å². The molecule has 0 bridgehead atoms. The van der Waals surface area contributed by atoms with Gasteiger partial charge in [0.1, 0.15) is 52.2 Å². The van der Waals surface area contributed by atoms with Crippen LogP contribution in [-0.4, -0.2) is 146 Å². The fourth-order valence-electron chi connectivity index (χ4n) is 18.7. The minimum absolute atomic E-state index is 0.0652. The van der Waals surface area contributed by atoms with Crippen molar-refractivity contribution < 1.29 is 48.1 Å². The van der Waals surface area contributed by atoms with E-state index in [-0.39, 0.29) is 48.1 Å². The van der Waals surface area contributed by atoms with E-state index in [2.05, 4.69) is 125 Å². The number of likely N-dealkylation sites (tertiary alicyclic amines) is 2. The number of imidazole rings is 4. The molecule has 4 amide bonds. The highest BCUT2D eigenvalue weighted by atomic mass is 16.6. The number of hydrogen-bond acceptors (Lipinski definition) is 15. The topological polar surface area (TPSA) is 320 Å². The van der Waals surface area contributed by atoms with E-state index in [1.165, 1.54) is 107 Å². The summed E-state index contributed by atoms with van der Waals surface area (Å²) in [5.41, 5.74) is 18.1. The summed E-state index contributed by atoms with van der Waals surface area (Å²) in [6.07, 6.45) is 21.9. The molecule has 624 valence electrons. The molecule has 8 heterocycles. The third-order valence-electron chi connectivity index (χ3n) is 24.8. The quantitative estimate of drug-likeness (QED) is 0.0253. The van der Waals surface area contributed by atoms with Gasteiger partial charge in [-0.25, -0.2) is 29.5 Å². The van der Waals surface area contributed by atoms with E-state index in [1.54, 1.807) is 66.5 Å². The first kappa shape index (κ1) is 83.5. The van der Waals surface area contributed by atoms with E-state index >= 15 is 0 Å². The number of aromatic amines is 4. The molecule has 2 saturated carbocycles. The van der Waals surface area contributed by atoms with Crippen molar-refractivity contribution in [2.45, 2.75) is 265 Å². The standard InChI is InChI=1S/C51H68N8O6.C31H34N6.C11H20O4/c1-28(2)42(56-48(62)64-50(5,6)7)46(60)58-23-11-13-39(58)44-52-26-37(54-44)31-17-15-30(16-18-31)33-21-22-35(36-25-32-19-20-34(32)41(33)36)38-27-53-45(55-38)40-14-12-24-59(40)47(61)43(29(3)4)57-49(63)65-51(8,9)10;1-3-25(32-13-1)30-34-16-27(36-30)19-7-5-18(6-8-19)21-11-12-23(24-15-20-9-10-22(20)29(21)24)28-17-35-31(37-28)26-4-2-14-33-26;1-7(2)8(10(13)14)6-9(12)15-11(3,4)5/h15-18,21-22,26-29,32,34,39-40,42-43H,11-14,19-20,23-25H2,1-10H3,(H,52,54)(H,53,55)(H,56,62)(H,57,63);5-8,11-12,16-17,20,22,25-26,32-33H,1-4,9-10,13-15H2,(H,34,36)(H,35,37);7-8H,6H2,1-5H3,(H,13,14)/t32?,34?,39-,40-,42-,43-;20?,22?,25-,26-;8-/m000/s1. The van der Waals surface area contributed by atoms with Crippen molar-refractivity contribution in [3.63, 3.8) is 0 Å². The number of carboxylic acid groups (broad SMARTS) is 1. The molecule has 117 heavy (non-hydrogen) atoms. The summed E-state index contributed by atoms with van der Waals surface area (Å²) in [5, 5.41) is 21.7. The zero-order valence-corrected chi connectivity index (χ0v) is 71.1. The Morgan fingerprint density at radius 3 is 1.17 bits per heavy atom. The van der Waals surface area contributed by atoms with Gasteiger partial charge in [-0.3, -0.25) is 19.2 Å². The normalized spacial score (nSPS) is 22.0. The van der Waals surface area contributed by atoms with Crippen LogP contribution in [0.3, 0.4) is 0 Å². The van der Waals surface area contributed by atoms with Gasteiger partial charge in [0.25, 0.3) is 0 Å². The van der Waals surface area contributed by atoms with Gasteiger partial charge in [0.05, 0.1) is 84.1 Å². The molecule has 8 aliphatic rings. The highest BCUT2D eigenvalue weighted by Crippen LogP contribution is 2.58. The molecule has 4 aromatic carbocycles. The van der Waals surface area contributed by atoms with E-state index in [9.17, 15) is 28.8 Å². The molecule has 16 rings (SSSR count). The van der Waals surface area contributed by atoms with Gasteiger partial charge in [-0.1, -0.05) is 114 Å². The molecule has 9 N–H and O–H groups in total. The SMILES string of the molecule is CC(C)[C@H](CC(=O)OC(C)(C)C)C(=O)O.CC(C)[C@H](NC(=O)OC(C)(C)C)C(=O)N1CCC[C@H]1c1ncc(-c2ccc(-c3ccc(-c4cnc([C@@H]5CCCN5C(=O)[C@@H](NC(=O)OC(C)(C)C)C(C)C)[nH]4)c4c3C3CCC3C4)cc2)[nH]1.c1cc(-c2ccc(-c3cnc([C@@H]4CCCN4)[nH]3)c3c2C2CCC2C3)ccc1-c1cnc([C@@H]2CCCN2)[nH]1. The van der Waals surface area contributed by atoms with Crippen molar-refractivity contribution in [2.24, 2.45) is 35.5 Å². The zero-order chi connectivity index (χ0) is 83.1. The van der Waals surface area contributed by atoms with Crippen molar-refractivity contribution in [3.8, 4) is 67.3 Å². The van der Waals surface area contributed by atoms with Gasteiger partial charge < -0.3 is 70.3 Å². The van der Waals surface area contributed by atoms with Crippen LogP contribution >= 0.6 is 0 Å². The Balaban J connectivity index is 0.000000180. The lowest BCUT2D eigenvalue weighted by atomic mass is 9.73. The number of nitrogens with zero attached hydrogens (tertiary/aromatic N) is 6. The maximum atomic E-state index is 14.0. The molecule has 0 spiro atoms. The van der Waals surface area contributed by atoms with E-state index in [0.29, 0.717) is 42.9 Å². The van der Waals surface area contributed by atoms with E-state index in [0.717, 1.165) is 103 Å². The Kier molecular flexibility index (Phi) is 24.7. The van der Waals surface area contributed by atoms with Gasteiger partial charge in [0.15, 0.2) is 0 Å². The number of hydrogen-bond donors (Lipinski definition) is 9. The van der Waals surface area contributed by atoms with Crippen molar-refractivity contribution in [2.75, 3.05) is 26.2 Å². The lowest BCUT2D eigenvalue weighted by molar-refractivity contribution is -0.160. The number of ether oxygens (including phenoxy) is 3. The maximum Gasteiger partial charge on any atom is 0.408 e. The van der Waals surface area contributed by atoms with Gasteiger partial charge in [-0.15, -0.1) is 0 Å². The number of benzene rings is 4. The van der Waals surface area contributed by atoms with Gasteiger partial charge >= 0.3 is 24.1 Å². The average molecular weight is 1600 g/mol. The third-order valence-corrected chi connectivity index (χ3v) is 24.8. The molecule has 0 radical (unpaired) electrons. The first-order valence-corrected chi connectivity index (χ1v) is 43.0. The largest absolute Gasteiger partial charge is 0.481 e. The Morgan fingerprint density at radius 2 is 0.812 bits per heavy atom. The molecule has 4 saturated heterocycles. The van der Waals surface area contributed by atoms with Crippen LogP contribution < -0.4 is 21.3 Å². The minimum atomic E-state index is -0.948. The van der Waals surface area contributed by atoms with Crippen LogP contribution in [0, 0.1) is 35.5 Å². The monoisotopic (exact) mass is 1590 g/mol. The van der Waals surface area contributed by atoms with Crippen LogP contribution in [0.1, 0.15) is 269 Å². The highest BCUT2D eigenvalue weighted by Gasteiger charge is 2.46. The molecule has 4 aliphatic carbocycles. The fraction of sp³-hybridized carbons (Fsp3) is 0.548. The number of carboxylic acids is 1. The lowest BCUT2D eigenvalue weighted by Crippen LogP contribution is -2.52. The number of rotatable bonds is 20. The highest BCUT2D eigenvalue weighted by molar-refractivity contribution is 5.88. The summed E-state index contributed by atoms with van der Waals surface area (Å²) in [4.78, 5) is 113. The van der Waals surface area contributed by atoms with E-state index in [1.807, 2.05) is 76.9 Å². The number of amides is 4. The third kappa shape index (κ3) is 18.8. The van der Waals surface area contributed by atoms with Crippen molar-refractivity contribution in [1.82, 2.24) is 70.9 Å². The Bertz CT molecular complexity index is 4880. The van der Waals surface area contributed by atoms with E-state index in [4.69, 9.17) is 34.3 Å². The van der Waals surface area contributed by atoms with Gasteiger partial charge in [-0.2, -0.15) is 0 Å². The minimum Gasteiger partial charge on any atom is -0.481 e. The average Bonchev–Trinajstić information content (AvgIpc) is 1.58. The molecule has 6 fully saturated rings. The second-order valence-electron chi connectivity index (χ2n) is 37.7. The summed E-state index contributed by atoms with van der Waals surface area (Å²) < 4.78 is 16.0. The van der Waals surface area contributed by atoms with Gasteiger partial charge in [0, 0.05) is 24.2 Å². The second-order valence-corrected chi connectivity index (χ2v) is 37.7. The maximum absolute atomic E-state index is 14.0. The number of H-pyrrole nitrogens is 4. The molecule has 24 heteroatoms. The summed E-state index contributed by atoms with van der Waals surface area (Å²) in [5.74, 6) is 3.69. The summed E-state index contributed by atoms with van der Waals surface area (Å²) in [7, 11) is 0. The van der Waals surface area contributed by atoms with Crippen LogP contribution in [0.15, 0.2) is 97.6 Å². The number of carbonyl (C=O) groups excluding carboxylic acids is 5. The number of nitrogens with one attached hydrogen (secondary N) is 8. The lowest BCUT2D eigenvalue weighted by Gasteiger charge is -2.31. The number of aromatic nitrogens is 8. The van der Waals surface area contributed by atoms with Gasteiger partial charge in [0.2, 0.25) is 11.8 Å². The van der Waals surface area contributed by atoms with Crippen LogP contribution in [0.25, 0.3) is 67.3 Å². The molecule has 24 nitrogen and oxygen atoms in total. The zero-order valence-electron chi connectivity index (χ0n) is 71.1. The van der Waals surface area contributed by atoms with Crippen molar-refractivity contribution in [3.05, 3.63) is 143 Å². The molecule has 4 unspecified atom stereocenters. The van der Waals surface area contributed by atoms with Crippen molar-refractivity contribution in [1.29, 1.82) is 0 Å². The first-order chi connectivity index (χ1) is 55.7. The predicted molar refractivity (Wildman–Crippen MR) is 452 cm³/mol. The van der Waals surface area contributed by atoms with Crippen LogP contribution in [0.4, 0.5) is 9.59 Å². The Hall–Kier alpha value is -9.94. The fourth-order valence-corrected chi connectivity index (χ4v) is 18.7. The van der Waals surface area contributed by atoms with Crippen LogP contribution in [0.2, 0.25) is 0 Å². The molecule has 4 aliphatic heterocycles. The molecule has 4 aromatic heterocycles. The predicted octanol–water partition coefficient (Wildman–Crippen LogP) is 17.7. The van der Waals surface area contributed by atoms with E-state index < -0.39 is 58.9 Å². The summed E-state index contributed by atoms with van der Waals surface area (Å²) >= 11 is 0.